The van der Waals surface area contributed by atoms with Crippen LogP contribution in [0.3, 0.4) is 0 Å². The van der Waals surface area contributed by atoms with Crippen LogP contribution < -0.4 is 4.90 Å². The number of anilines is 1. The number of hydrogen-bond acceptors (Lipinski definition) is 3. The number of hydrogen-bond donors (Lipinski definition) is 0. The first kappa shape index (κ1) is 12.0. The van der Waals surface area contributed by atoms with Crippen molar-refractivity contribution in [2.24, 2.45) is 0 Å². The van der Waals surface area contributed by atoms with E-state index >= 15 is 0 Å². The van der Waals surface area contributed by atoms with Gasteiger partial charge in [-0.15, -0.1) is 0 Å². The van der Waals surface area contributed by atoms with E-state index in [1.165, 1.54) is 0 Å². The minimum Gasteiger partial charge on any atom is -0.449 e. The number of aromatic nitrogens is 1. The Hall–Kier alpha value is -2.10. The molecule has 1 aliphatic heterocycles. The highest BCUT2D eigenvalue weighted by Crippen LogP contribution is 2.42. The van der Waals surface area contributed by atoms with Crippen LogP contribution in [0.2, 0.25) is 0 Å². The van der Waals surface area contributed by atoms with Crippen molar-refractivity contribution in [3.8, 4) is 11.3 Å². The molecular weight excluding hydrogens is 240 g/mol. The van der Waals surface area contributed by atoms with Crippen molar-refractivity contribution in [1.29, 1.82) is 0 Å². The zero-order valence-electron chi connectivity index (χ0n) is 11.5. The van der Waals surface area contributed by atoms with Gasteiger partial charge < -0.3 is 9.32 Å². The highest BCUT2D eigenvalue weighted by molar-refractivity contribution is 6.07. The summed E-state index contributed by atoms with van der Waals surface area (Å²) in [5, 5.41) is 0. The van der Waals surface area contributed by atoms with Gasteiger partial charge in [-0.2, -0.15) is 0 Å². The molecule has 0 N–H and O–H groups in total. The summed E-state index contributed by atoms with van der Waals surface area (Å²) < 4.78 is 5.24. The molecule has 0 bridgehead atoms. The number of oxazole rings is 1. The normalized spacial score (nSPS) is 16.8. The van der Waals surface area contributed by atoms with Crippen LogP contribution in [0.1, 0.15) is 25.3 Å². The van der Waals surface area contributed by atoms with Crippen LogP contribution in [0.15, 0.2) is 28.9 Å². The van der Waals surface area contributed by atoms with Gasteiger partial charge in [-0.1, -0.05) is 12.1 Å². The Morgan fingerprint density at radius 2 is 2.05 bits per heavy atom. The molecule has 19 heavy (non-hydrogen) atoms. The monoisotopic (exact) mass is 256 g/mol. The SMILES string of the molecule is Cc1nc(-c2ccc3c(c2)N(C)C(=O)C3(C)C)co1. The molecule has 0 radical (unpaired) electrons. The third kappa shape index (κ3) is 1.59. The summed E-state index contributed by atoms with van der Waals surface area (Å²) in [6.45, 7) is 5.73. The molecule has 98 valence electrons. The maximum absolute atomic E-state index is 12.2. The zero-order valence-corrected chi connectivity index (χ0v) is 11.5. The Morgan fingerprint density at radius 1 is 1.32 bits per heavy atom. The average molecular weight is 256 g/mol. The number of benzene rings is 1. The van der Waals surface area contributed by atoms with Crippen molar-refractivity contribution in [3.05, 3.63) is 35.9 Å². The minimum absolute atomic E-state index is 0.121. The van der Waals surface area contributed by atoms with Crippen molar-refractivity contribution in [3.63, 3.8) is 0 Å². The molecule has 4 nitrogen and oxygen atoms in total. The van der Waals surface area contributed by atoms with Gasteiger partial charge in [0.2, 0.25) is 5.91 Å². The van der Waals surface area contributed by atoms with Crippen LogP contribution in [0.4, 0.5) is 5.69 Å². The topological polar surface area (TPSA) is 46.3 Å². The summed E-state index contributed by atoms with van der Waals surface area (Å²) in [6, 6.07) is 6.00. The summed E-state index contributed by atoms with van der Waals surface area (Å²) in [7, 11) is 1.81. The molecule has 0 unspecified atom stereocenters. The predicted octanol–water partition coefficient (Wildman–Crippen LogP) is 2.90. The van der Waals surface area contributed by atoms with Crippen LogP contribution >= 0.6 is 0 Å². The third-order valence-corrected chi connectivity index (χ3v) is 3.79. The fourth-order valence-corrected chi connectivity index (χ4v) is 2.64. The van der Waals surface area contributed by atoms with E-state index in [2.05, 4.69) is 4.98 Å². The van der Waals surface area contributed by atoms with Crippen molar-refractivity contribution >= 4 is 11.6 Å². The molecule has 0 fully saturated rings. The van der Waals surface area contributed by atoms with Crippen molar-refractivity contribution < 1.29 is 9.21 Å². The molecule has 2 heterocycles. The number of nitrogens with zero attached hydrogens (tertiary/aromatic N) is 2. The van der Waals surface area contributed by atoms with E-state index in [1.807, 2.05) is 46.0 Å². The molecule has 1 aromatic heterocycles. The van der Waals surface area contributed by atoms with Gasteiger partial charge >= 0.3 is 0 Å². The van der Waals surface area contributed by atoms with E-state index in [9.17, 15) is 4.79 Å². The van der Waals surface area contributed by atoms with Gasteiger partial charge in [0.05, 0.1) is 5.41 Å². The standard InChI is InChI=1S/C15H16N2O2/c1-9-16-12(8-19-9)10-5-6-11-13(7-10)17(4)14(18)15(11,2)3/h5-8H,1-4H3. The molecule has 1 aromatic carbocycles. The van der Waals surface area contributed by atoms with Crippen LogP contribution in [-0.2, 0) is 10.2 Å². The van der Waals surface area contributed by atoms with Crippen molar-refractivity contribution in [2.75, 3.05) is 11.9 Å². The van der Waals surface area contributed by atoms with Gasteiger partial charge in [0, 0.05) is 25.2 Å². The fraction of sp³-hybridized carbons (Fsp3) is 0.333. The first-order valence-corrected chi connectivity index (χ1v) is 6.26. The number of carbonyl (C=O) groups excluding carboxylic acids is 1. The summed E-state index contributed by atoms with van der Waals surface area (Å²) in [6.07, 6.45) is 1.64. The molecule has 0 aliphatic carbocycles. The lowest BCUT2D eigenvalue weighted by Crippen LogP contribution is -2.33. The van der Waals surface area contributed by atoms with Gasteiger partial charge in [0.25, 0.3) is 0 Å². The molecule has 0 saturated heterocycles. The number of likely N-dealkylation sites (N-methyl/N-ethyl adjacent to an activating group) is 1. The number of amides is 1. The highest BCUT2D eigenvalue weighted by atomic mass is 16.3. The van der Waals surface area contributed by atoms with Crippen molar-refractivity contribution in [2.45, 2.75) is 26.2 Å². The second-order valence-electron chi connectivity index (χ2n) is 5.47. The van der Waals surface area contributed by atoms with E-state index in [1.54, 1.807) is 11.2 Å². The predicted molar refractivity (Wildman–Crippen MR) is 73.1 cm³/mol. The van der Waals surface area contributed by atoms with E-state index < -0.39 is 5.41 Å². The largest absolute Gasteiger partial charge is 0.449 e. The molecule has 1 aliphatic rings. The Morgan fingerprint density at radius 3 is 2.68 bits per heavy atom. The number of rotatable bonds is 1. The Bertz CT molecular complexity index is 671. The summed E-state index contributed by atoms with van der Waals surface area (Å²) in [5.41, 5.74) is 3.32. The van der Waals surface area contributed by atoms with Crippen LogP contribution in [0.5, 0.6) is 0 Å². The van der Waals surface area contributed by atoms with E-state index in [4.69, 9.17) is 4.42 Å². The van der Waals surface area contributed by atoms with Gasteiger partial charge in [-0.3, -0.25) is 4.79 Å². The number of carbonyl (C=O) groups is 1. The number of aryl methyl sites for hydroxylation is 1. The lowest BCUT2D eigenvalue weighted by atomic mass is 9.86. The second kappa shape index (κ2) is 3.70. The maximum Gasteiger partial charge on any atom is 0.236 e. The second-order valence-corrected chi connectivity index (χ2v) is 5.47. The molecule has 2 aromatic rings. The Labute approximate surface area is 112 Å². The first-order chi connectivity index (χ1) is 8.91. The maximum atomic E-state index is 12.2. The first-order valence-electron chi connectivity index (χ1n) is 6.26. The lowest BCUT2D eigenvalue weighted by molar-refractivity contribution is -0.121. The summed E-state index contributed by atoms with van der Waals surface area (Å²) in [4.78, 5) is 18.3. The molecule has 0 atom stereocenters. The Kier molecular flexibility index (Phi) is 2.33. The fourth-order valence-electron chi connectivity index (χ4n) is 2.64. The quantitative estimate of drug-likeness (QED) is 0.788. The molecular formula is C15H16N2O2. The highest BCUT2D eigenvalue weighted by Gasteiger charge is 2.42. The zero-order chi connectivity index (χ0) is 13.8. The lowest BCUT2D eigenvalue weighted by Gasteiger charge is -2.16. The molecule has 0 saturated carbocycles. The van der Waals surface area contributed by atoms with E-state index in [0.29, 0.717) is 5.89 Å². The minimum atomic E-state index is -0.456. The van der Waals surface area contributed by atoms with Gasteiger partial charge in [0.1, 0.15) is 12.0 Å². The van der Waals surface area contributed by atoms with Crippen LogP contribution in [0, 0.1) is 6.92 Å². The molecule has 3 rings (SSSR count). The van der Waals surface area contributed by atoms with E-state index in [0.717, 1.165) is 22.5 Å². The molecule has 0 spiro atoms. The van der Waals surface area contributed by atoms with Crippen molar-refractivity contribution in [1.82, 2.24) is 4.98 Å². The van der Waals surface area contributed by atoms with Crippen LogP contribution in [-0.4, -0.2) is 17.9 Å². The summed E-state index contributed by atoms with van der Waals surface area (Å²) >= 11 is 0. The van der Waals surface area contributed by atoms with Gasteiger partial charge in [-0.25, -0.2) is 4.98 Å². The van der Waals surface area contributed by atoms with Gasteiger partial charge in [0.15, 0.2) is 5.89 Å². The Balaban J connectivity index is 2.14. The van der Waals surface area contributed by atoms with E-state index in [-0.39, 0.29) is 5.91 Å². The molecule has 4 heteroatoms. The smallest absolute Gasteiger partial charge is 0.236 e. The third-order valence-electron chi connectivity index (χ3n) is 3.79. The summed E-state index contributed by atoms with van der Waals surface area (Å²) in [5.74, 6) is 0.760. The van der Waals surface area contributed by atoms with Crippen LogP contribution in [0.25, 0.3) is 11.3 Å². The van der Waals surface area contributed by atoms with Gasteiger partial charge in [-0.05, 0) is 25.5 Å². The molecule has 1 amide bonds. The number of fused-ring (bicyclic) bond motifs is 1. The average Bonchev–Trinajstić information content (AvgIpc) is 2.88.